The second-order valence-electron chi connectivity index (χ2n) is 6.46. The summed E-state index contributed by atoms with van der Waals surface area (Å²) in [4.78, 5) is 17.2. The number of nitrogens with one attached hydrogen (secondary N) is 1. The number of methoxy groups -OCH3 is 1. The second kappa shape index (κ2) is 7.77. The number of hydrogen-bond acceptors (Lipinski definition) is 4. The van der Waals surface area contributed by atoms with Crippen molar-refractivity contribution in [2.75, 3.05) is 20.2 Å². The van der Waals surface area contributed by atoms with Gasteiger partial charge in [0, 0.05) is 23.5 Å². The molecule has 0 radical (unpaired) electrons. The van der Waals surface area contributed by atoms with E-state index in [0.717, 1.165) is 47.7 Å². The molecular formula is C19H23ClN2O2S. The first kappa shape index (κ1) is 18.2. The number of benzene rings is 1. The van der Waals surface area contributed by atoms with Crippen LogP contribution in [-0.2, 0) is 0 Å². The quantitative estimate of drug-likeness (QED) is 0.882. The van der Waals surface area contributed by atoms with Crippen LogP contribution in [0.1, 0.15) is 28.9 Å². The van der Waals surface area contributed by atoms with Gasteiger partial charge in [-0.2, -0.15) is 0 Å². The highest BCUT2D eigenvalue weighted by Gasteiger charge is 2.39. The maximum atomic E-state index is 13.3. The molecule has 1 aromatic heterocycles. The first-order valence-electron chi connectivity index (χ1n) is 8.54. The molecule has 2 atom stereocenters. The maximum Gasteiger partial charge on any atom is 0.268 e. The molecular weight excluding hydrogens is 356 g/mol. The zero-order valence-electron chi connectivity index (χ0n) is 14.2. The smallest absolute Gasteiger partial charge is 0.268 e. The van der Waals surface area contributed by atoms with Crippen LogP contribution in [0, 0.1) is 0 Å². The molecule has 134 valence electrons. The van der Waals surface area contributed by atoms with E-state index in [-0.39, 0.29) is 18.3 Å². The van der Waals surface area contributed by atoms with Gasteiger partial charge in [-0.05, 0) is 37.4 Å². The van der Waals surface area contributed by atoms with Gasteiger partial charge in [0.25, 0.3) is 5.91 Å². The average Bonchev–Trinajstić information content (AvgIpc) is 3.15. The first-order valence-corrected chi connectivity index (χ1v) is 9.36. The Bertz CT molecular complexity index is 720. The topological polar surface area (TPSA) is 41.6 Å². The molecule has 3 heterocycles. The largest absolute Gasteiger partial charge is 0.495 e. The van der Waals surface area contributed by atoms with E-state index in [1.807, 2.05) is 24.3 Å². The molecule has 4 rings (SSSR count). The third-order valence-corrected chi connectivity index (χ3v) is 6.21. The van der Waals surface area contributed by atoms with Gasteiger partial charge in [-0.3, -0.25) is 4.79 Å². The van der Waals surface area contributed by atoms with Gasteiger partial charge in [0.1, 0.15) is 10.6 Å². The molecule has 1 aromatic carbocycles. The van der Waals surface area contributed by atoms with Crippen LogP contribution < -0.4 is 10.1 Å². The Labute approximate surface area is 158 Å². The van der Waals surface area contributed by atoms with E-state index in [2.05, 4.69) is 22.3 Å². The van der Waals surface area contributed by atoms with Crippen molar-refractivity contribution in [2.24, 2.45) is 0 Å². The molecule has 2 aliphatic rings. The van der Waals surface area contributed by atoms with Crippen molar-refractivity contribution in [2.45, 2.75) is 31.3 Å². The SMILES string of the molecule is COc1cc(-c2ccccc2)sc1C(=O)N1C2CCNCC1CC2.Cl. The summed E-state index contributed by atoms with van der Waals surface area (Å²) in [6.07, 6.45) is 3.27. The monoisotopic (exact) mass is 378 g/mol. The Balaban J connectivity index is 0.00000182. The highest BCUT2D eigenvalue weighted by molar-refractivity contribution is 7.17. The minimum Gasteiger partial charge on any atom is -0.495 e. The Morgan fingerprint density at radius 1 is 1.20 bits per heavy atom. The van der Waals surface area contributed by atoms with E-state index < -0.39 is 0 Å². The zero-order chi connectivity index (χ0) is 16.5. The van der Waals surface area contributed by atoms with Gasteiger partial charge in [-0.25, -0.2) is 0 Å². The van der Waals surface area contributed by atoms with Crippen LogP contribution in [0.15, 0.2) is 36.4 Å². The van der Waals surface area contributed by atoms with Crippen LogP contribution in [0.4, 0.5) is 0 Å². The predicted molar refractivity (Wildman–Crippen MR) is 104 cm³/mol. The summed E-state index contributed by atoms with van der Waals surface area (Å²) in [7, 11) is 1.65. The third kappa shape index (κ3) is 3.41. The Kier molecular flexibility index (Phi) is 5.67. The summed E-state index contributed by atoms with van der Waals surface area (Å²) in [6, 6.07) is 12.8. The number of rotatable bonds is 3. The van der Waals surface area contributed by atoms with Crippen LogP contribution >= 0.6 is 23.7 Å². The summed E-state index contributed by atoms with van der Waals surface area (Å²) in [5.74, 6) is 0.829. The number of hydrogen-bond donors (Lipinski definition) is 1. The van der Waals surface area contributed by atoms with Crippen molar-refractivity contribution < 1.29 is 9.53 Å². The molecule has 1 N–H and O–H groups in total. The number of halogens is 1. The third-order valence-electron chi connectivity index (χ3n) is 5.06. The van der Waals surface area contributed by atoms with E-state index in [0.29, 0.717) is 17.8 Å². The summed E-state index contributed by atoms with van der Waals surface area (Å²) in [5.41, 5.74) is 1.13. The van der Waals surface area contributed by atoms with Crippen LogP contribution in [0.25, 0.3) is 10.4 Å². The highest BCUT2D eigenvalue weighted by Crippen LogP contribution is 2.39. The molecule has 6 heteroatoms. The molecule has 4 nitrogen and oxygen atoms in total. The van der Waals surface area contributed by atoms with Crippen molar-refractivity contribution in [1.29, 1.82) is 0 Å². The van der Waals surface area contributed by atoms with E-state index in [4.69, 9.17) is 4.74 Å². The van der Waals surface area contributed by atoms with E-state index in [9.17, 15) is 4.79 Å². The van der Waals surface area contributed by atoms with E-state index in [1.54, 1.807) is 18.4 Å². The molecule has 2 fully saturated rings. The molecule has 25 heavy (non-hydrogen) atoms. The lowest BCUT2D eigenvalue weighted by Gasteiger charge is -2.27. The summed E-state index contributed by atoms with van der Waals surface area (Å²) < 4.78 is 5.53. The minimum atomic E-state index is 0. The zero-order valence-corrected chi connectivity index (χ0v) is 15.9. The second-order valence-corrected chi connectivity index (χ2v) is 7.52. The molecule has 1 amide bonds. The van der Waals surface area contributed by atoms with Crippen molar-refractivity contribution >= 4 is 29.7 Å². The molecule has 0 aliphatic carbocycles. The lowest BCUT2D eigenvalue weighted by Crippen LogP contribution is -2.42. The average molecular weight is 379 g/mol. The van der Waals surface area contributed by atoms with E-state index in [1.165, 1.54) is 0 Å². The fourth-order valence-corrected chi connectivity index (χ4v) is 4.93. The predicted octanol–water partition coefficient (Wildman–Crippen LogP) is 3.81. The summed E-state index contributed by atoms with van der Waals surface area (Å²) in [6.45, 7) is 1.91. The Hall–Kier alpha value is -1.56. The number of fused-ring (bicyclic) bond motifs is 2. The van der Waals surface area contributed by atoms with Crippen molar-refractivity contribution in [1.82, 2.24) is 10.2 Å². The molecule has 2 aromatic rings. The van der Waals surface area contributed by atoms with Crippen molar-refractivity contribution in [3.05, 3.63) is 41.3 Å². The van der Waals surface area contributed by atoms with E-state index >= 15 is 0 Å². The lowest BCUT2D eigenvalue weighted by atomic mass is 10.1. The molecule has 0 spiro atoms. The normalized spacial score (nSPS) is 22.2. The van der Waals surface area contributed by atoms with Crippen LogP contribution in [0.5, 0.6) is 5.75 Å². The standard InChI is InChI=1S/C19H22N2O2S.ClH/c1-23-16-11-17(13-5-3-2-4-6-13)24-18(16)19(22)21-14-7-8-15(21)12-20-10-9-14;/h2-6,11,14-15,20H,7-10,12H2,1H3;1H. The van der Waals surface area contributed by atoms with Gasteiger partial charge in [-0.1, -0.05) is 30.3 Å². The number of ether oxygens (including phenoxy) is 1. The van der Waals surface area contributed by atoms with Crippen LogP contribution in [-0.4, -0.2) is 43.1 Å². The Morgan fingerprint density at radius 3 is 2.72 bits per heavy atom. The first-order chi connectivity index (χ1) is 11.8. The van der Waals surface area contributed by atoms with Gasteiger partial charge >= 0.3 is 0 Å². The fraction of sp³-hybridized carbons (Fsp3) is 0.421. The lowest BCUT2D eigenvalue weighted by molar-refractivity contribution is 0.0682. The highest BCUT2D eigenvalue weighted by atomic mass is 35.5. The van der Waals surface area contributed by atoms with Gasteiger partial charge in [-0.15, -0.1) is 23.7 Å². The minimum absolute atomic E-state index is 0. The number of carbonyl (C=O) groups is 1. The molecule has 2 aliphatic heterocycles. The molecule has 2 bridgehead atoms. The number of carbonyl (C=O) groups excluding carboxylic acids is 1. The molecule has 2 saturated heterocycles. The van der Waals surface area contributed by atoms with Crippen molar-refractivity contribution in [3.63, 3.8) is 0 Å². The number of amides is 1. The van der Waals surface area contributed by atoms with Gasteiger partial charge in [0.05, 0.1) is 7.11 Å². The summed E-state index contributed by atoms with van der Waals surface area (Å²) >= 11 is 1.54. The Morgan fingerprint density at radius 2 is 1.96 bits per heavy atom. The molecule has 2 unspecified atom stereocenters. The fourth-order valence-electron chi connectivity index (χ4n) is 3.85. The number of thiophene rings is 1. The number of nitrogens with zero attached hydrogens (tertiary/aromatic N) is 1. The van der Waals surface area contributed by atoms with Gasteiger partial charge in [0.15, 0.2) is 0 Å². The maximum absolute atomic E-state index is 13.3. The van der Waals surface area contributed by atoms with Crippen molar-refractivity contribution in [3.8, 4) is 16.2 Å². The van der Waals surface area contributed by atoms with Crippen LogP contribution in [0.2, 0.25) is 0 Å². The summed E-state index contributed by atoms with van der Waals surface area (Å²) in [5, 5.41) is 3.45. The molecule has 0 saturated carbocycles. The van der Waals surface area contributed by atoms with Crippen LogP contribution in [0.3, 0.4) is 0 Å². The van der Waals surface area contributed by atoms with Gasteiger partial charge in [0.2, 0.25) is 0 Å². The van der Waals surface area contributed by atoms with Gasteiger partial charge < -0.3 is 15.0 Å².